The van der Waals surface area contributed by atoms with Crippen molar-refractivity contribution in [3.63, 3.8) is 0 Å². The lowest BCUT2D eigenvalue weighted by Crippen LogP contribution is -2.53. The number of ether oxygens (including phenoxy) is 1. The number of aliphatic hydroxyl groups is 1. The molecule has 14 heavy (non-hydrogen) atoms. The second-order valence-electron chi connectivity index (χ2n) is 4.17. The summed E-state index contributed by atoms with van der Waals surface area (Å²) in [7, 11) is 0. The first kappa shape index (κ1) is 11.9. The van der Waals surface area contributed by atoms with Crippen molar-refractivity contribution in [1.82, 2.24) is 4.90 Å². The maximum Gasteiger partial charge on any atom is 0.0854 e. The minimum Gasteiger partial charge on any atom is -0.394 e. The van der Waals surface area contributed by atoms with Gasteiger partial charge in [-0.25, -0.2) is 0 Å². The van der Waals surface area contributed by atoms with Crippen LogP contribution in [0.3, 0.4) is 0 Å². The van der Waals surface area contributed by atoms with Crippen LogP contribution in [-0.4, -0.2) is 54.5 Å². The number of likely N-dealkylation sites (tertiary alicyclic amines) is 1. The molecule has 0 amide bonds. The molecule has 2 atom stereocenters. The smallest absolute Gasteiger partial charge is 0.0854 e. The van der Waals surface area contributed by atoms with Crippen LogP contribution >= 0.6 is 0 Å². The molecule has 0 saturated carbocycles. The zero-order chi connectivity index (χ0) is 10.6. The molecule has 4 nitrogen and oxygen atoms in total. The first-order chi connectivity index (χ1) is 6.65. The average molecular weight is 202 g/mol. The lowest BCUT2D eigenvalue weighted by Gasteiger charge is -2.38. The van der Waals surface area contributed by atoms with Crippen molar-refractivity contribution in [3.05, 3.63) is 0 Å². The van der Waals surface area contributed by atoms with E-state index in [1.165, 1.54) is 0 Å². The van der Waals surface area contributed by atoms with Crippen LogP contribution in [0.2, 0.25) is 0 Å². The SMILES string of the molecule is CC(C)N1CC[C@@H](N)[C@H](OCCO)C1. The van der Waals surface area contributed by atoms with Gasteiger partial charge in [0.05, 0.1) is 19.3 Å². The number of piperidine rings is 1. The number of hydrogen-bond donors (Lipinski definition) is 2. The van der Waals surface area contributed by atoms with E-state index in [-0.39, 0.29) is 18.8 Å². The molecular weight excluding hydrogens is 180 g/mol. The summed E-state index contributed by atoms with van der Waals surface area (Å²) in [6, 6.07) is 0.666. The van der Waals surface area contributed by atoms with Crippen molar-refractivity contribution < 1.29 is 9.84 Å². The summed E-state index contributed by atoms with van der Waals surface area (Å²) in [5.74, 6) is 0. The quantitative estimate of drug-likeness (QED) is 0.663. The predicted molar refractivity (Wildman–Crippen MR) is 56.1 cm³/mol. The molecule has 84 valence electrons. The first-order valence-corrected chi connectivity index (χ1v) is 5.37. The van der Waals surface area contributed by atoms with Crippen molar-refractivity contribution in [2.24, 2.45) is 5.73 Å². The van der Waals surface area contributed by atoms with Gasteiger partial charge in [-0.3, -0.25) is 4.90 Å². The van der Waals surface area contributed by atoms with Crippen LogP contribution in [0.1, 0.15) is 20.3 Å². The summed E-state index contributed by atoms with van der Waals surface area (Å²) >= 11 is 0. The van der Waals surface area contributed by atoms with Crippen molar-refractivity contribution in [2.45, 2.75) is 38.5 Å². The standard InChI is InChI=1S/C10H22N2O2/c1-8(2)12-4-3-9(11)10(7-12)14-6-5-13/h8-10,13H,3-7,11H2,1-2H3/t9-,10-/m1/s1. The number of rotatable bonds is 4. The highest BCUT2D eigenvalue weighted by molar-refractivity contribution is 4.85. The summed E-state index contributed by atoms with van der Waals surface area (Å²) in [5, 5.41) is 8.68. The molecule has 0 aromatic rings. The van der Waals surface area contributed by atoms with Crippen LogP contribution in [0.5, 0.6) is 0 Å². The average Bonchev–Trinajstić information content (AvgIpc) is 2.16. The monoisotopic (exact) mass is 202 g/mol. The lowest BCUT2D eigenvalue weighted by atomic mass is 10.0. The maximum atomic E-state index is 8.68. The van der Waals surface area contributed by atoms with Crippen LogP contribution in [0.25, 0.3) is 0 Å². The van der Waals surface area contributed by atoms with Gasteiger partial charge in [0.1, 0.15) is 0 Å². The lowest BCUT2D eigenvalue weighted by molar-refractivity contribution is -0.0321. The first-order valence-electron chi connectivity index (χ1n) is 5.37. The molecule has 0 bridgehead atoms. The zero-order valence-corrected chi connectivity index (χ0v) is 9.15. The largest absolute Gasteiger partial charge is 0.394 e. The molecule has 0 aliphatic carbocycles. The van der Waals surface area contributed by atoms with Gasteiger partial charge in [0.25, 0.3) is 0 Å². The van der Waals surface area contributed by atoms with Crippen LogP contribution in [0.15, 0.2) is 0 Å². The van der Waals surface area contributed by atoms with E-state index in [2.05, 4.69) is 18.7 Å². The van der Waals surface area contributed by atoms with Crippen molar-refractivity contribution >= 4 is 0 Å². The van der Waals surface area contributed by atoms with E-state index < -0.39 is 0 Å². The van der Waals surface area contributed by atoms with Gasteiger partial charge < -0.3 is 15.6 Å². The molecule has 1 aliphatic rings. The van der Waals surface area contributed by atoms with E-state index in [9.17, 15) is 0 Å². The van der Waals surface area contributed by atoms with E-state index in [1.54, 1.807) is 0 Å². The molecule has 1 rings (SSSR count). The molecule has 0 aromatic carbocycles. The van der Waals surface area contributed by atoms with E-state index in [0.717, 1.165) is 19.5 Å². The fourth-order valence-electron chi connectivity index (χ4n) is 1.81. The Bertz CT molecular complexity index is 164. The zero-order valence-electron chi connectivity index (χ0n) is 9.15. The number of hydrogen-bond acceptors (Lipinski definition) is 4. The molecule has 0 spiro atoms. The summed E-state index contributed by atoms with van der Waals surface area (Å²) < 4.78 is 5.51. The fraction of sp³-hybridized carbons (Fsp3) is 1.00. The van der Waals surface area contributed by atoms with E-state index in [0.29, 0.717) is 12.6 Å². The molecule has 0 unspecified atom stereocenters. The third kappa shape index (κ3) is 3.20. The Morgan fingerprint density at radius 3 is 2.86 bits per heavy atom. The molecule has 0 aromatic heterocycles. The van der Waals surface area contributed by atoms with Crippen LogP contribution in [0, 0.1) is 0 Å². The van der Waals surface area contributed by atoms with Crippen molar-refractivity contribution in [3.8, 4) is 0 Å². The third-order valence-electron chi connectivity index (χ3n) is 2.80. The van der Waals surface area contributed by atoms with Crippen LogP contribution in [-0.2, 0) is 4.74 Å². The van der Waals surface area contributed by atoms with Gasteiger partial charge in [-0.05, 0) is 20.3 Å². The third-order valence-corrected chi connectivity index (χ3v) is 2.80. The Hall–Kier alpha value is -0.160. The topological polar surface area (TPSA) is 58.7 Å². The highest BCUT2D eigenvalue weighted by Gasteiger charge is 2.28. The highest BCUT2D eigenvalue weighted by Crippen LogP contribution is 2.14. The Morgan fingerprint density at radius 1 is 1.57 bits per heavy atom. The molecule has 1 saturated heterocycles. The summed E-state index contributed by atoms with van der Waals surface area (Å²) in [4.78, 5) is 2.37. The number of nitrogens with two attached hydrogens (primary N) is 1. The Kier molecular flexibility index (Phi) is 4.81. The van der Waals surface area contributed by atoms with Gasteiger partial charge in [0.2, 0.25) is 0 Å². The second-order valence-corrected chi connectivity index (χ2v) is 4.17. The molecule has 1 fully saturated rings. The molecule has 1 aliphatic heterocycles. The second kappa shape index (κ2) is 5.66. The van der Waals surface area contributed by atoms with Gasteiger partial charge >= 0.3 is 0 Å². The Morgan fingerprint density at radius 2 is 2.29 bits per heavy atom. The normalized spacial score (nSPS) is 29.8. The predicted octanol–water partition coefficient (Wildman–Crippen LogP) is -0.195. The molecular formula is C10H22N2O2. The molecule has 4 heteroatoms. The molecule has 0 radical (unpaired) electrons. The van der Waals surface area contributed by atoms with Gasteiger partial charge in [0, 0.05) is 25.2 Å². The Balaban J connectivity index is 2.38. The van der Waals surface area contributed by atoms with Gasteiger partial charge in [-0.2, -0.15) is 0 Å². The highest BCUT2D eigenvalue weighted by atomic mass is 16.5. The fourth-order valence-corrected chi connectivity index (χ4v) is 1.81. The summed E-state index contributed by atoms with van der Waals surface area (Å²) in [6.07, 6.45) is 1.06. The Labute approximate surface area is 86.0 Å². The van der Waals surface area contributed by atoms with Crippen molar-refractivity contribution in [1.29, 1.82) is 0 Å². The van der Waals surface area contributed by atoms with Crippen molar-refractivity contribution in [2.75, 3.05) is 26.3 Å². The minimum atomic E-state index is 0.0743. The number of aliphatic hydroxyl groups excluding tert-OH is 1. The summed E-state index contributed by atoms with van der Waals surface area (Å²) in [5.41, 5.74) is 5.95. The molecule has 1 heterocycles. The van der Waals surface area contributed by atoms with Gasteiger partial charge in [0.15, 0.2) is 0 Å². The summed E-state index contributed by atoms with van der Waals surface area (Å²) in [6.45, 7) is 6.77. The van der Waals surface area contributed by atoms with Crippen LogP contribution < -0.4 is 5.73 Å². The minimum absolute atomic E-state index is 0.0743. The number of nitrogens with zero attached hydrogens (tertiary/aromatic N) is 1. The maximum absolute atomic E-state index is 8.68. The van der Waals surface area contributed by atoms with Gasteiger partial charge in [-0.1, -0.05) is 0 Å². The van der Waals surface area contributed by atoms with E-state index >= 15 is 0 Å². The van der Waals surface area contributed by atoms with E-state index in [1.807, 2.05) is 0 Å². The van der Waals surface area contributed by atoms with E-state index in [4.69, 9.17) is 15.6 Å². The van der Waals surface area contributed by atoms with Gasteiger partial charge in [-0.15, -0.1) is 0 Å². The molecule has 3 N–H and O–H groups in total. The van der Waals surface area contributed by atoms with Crippen LogP contribution in [0.4, 0.5) is 0 Å².